The Kier molecular flexibility index (Phi) is 6.29. The first-order valence-corrected chi connectivity index (χ1v) is 22.3. The second kappa shape index (κ2) is 11.2. The van der Waals surface area contributed by atoms with Crippen LogP contribution >= 0.6 is 0 Å². The van der Waals surface area contributed by atoms with Crippen molar-refractivity contribution in [2.45, 2.75) is 64.7 Å². The summed E-state index contributed by atoms with van der Waals surface area (Å²) in [6.07, 6.45) is 0. The summed E-state index contributed by atoms with van der Waals surface area (Å²) >= 11 is 0. The van der Waals surface area contributed by atoms with Crippen LogP contribution in [0.5, 0.6) is 0 Å². The number of benzene rings is 8. The fraction of sp³-hybridized carbons (Fsp3) is 0.172. The van der Waals surface area contributed by atoms with Crippen LogP contribution in [0.2, 0.25) is 0 Å². The van der Waals surface area contributed by atoms with Crippen molar-refractivity contribution in [1.82, 2.24) is 4.57 Å². The van der Waals surface area contributed by atoms with E-state index in [1.165, 1.54) is 111 Å². The number of para-hydroxylation sites is 1. The Labute approximate surface area is 362 Å². The fourth-order valence-corrected chi connectivity index (χ4v) is 12.4. The van der Waals surface area contributed by atoms with E-state index in [1.807, 2.05) is 0 Å². The first kappa shape index (κ1) is 34.9. The van der Waals surface area contributed by atoms with Gasteiger partial charge in [-0.1, -0.05) is 146 Å². The number of anilines is 2. The molecule has 0 N–H and O–H groups in total. The third-order valence-electron chi connectivity index (χ3n) is 15.5. The molecule has 0 amide bonds. The monoisotopic (exact) mass is 796 g/mol. The second-order valence-electron chi connectivity index (χ2n) is 20.5. The largest absolute Gasteiger partial charge is 0.455 e. The van der Waals surface area contributed by atoms with Crippen LogP contribution in [0.1, 0.15) is 76.3 Å². The highest BCUT2D eigenvalue weighted by Gasteiger charge is 2.48. The molecule has 2 aromatic heterocycles. The molecule has 14 rings (SSSR count). The van der Waals surface area contributed by atoms with Crippen molar-refractivity contribution in [1.29, 1.82) is 0 Å². The van der Waals surface area contributed by atoms with E-state index in [-0.39, 0.29) is 23.1 Å². The van der Waals surface area contributed by atoms with Crippen molar-refractivity contribution in [3.05, 3.63) is 173 Å². The zero-order valence-electron chi connectivity index (χ0n) is 36.2. The van der Waals surface area contributed by atoms with E-state index in [0.29, 0.717) is 0 Å². The molecule has 2 aliphatic heterocycles. The Morgan fingerprint density at radius 3 is 1.85 bits per heavy atom. The highest BCUT2D eigenvalue weighted by Crippen LogP contribution is 2.56. The lowest BCUT2D eigenvalue weighted by molar-refractivity contribution is 0.590. The maximum Gasteiger partial charge on any atom is 0.333 e. The molecule has 0 atom stereocenters. The van der Waals surface area contributed by atoms with Crippen LogP contribution in [0.25, 0.3) is 82.8 Å². The SMILES string of the molecule is CC(C)(C)c1ccc(N2B3c4cc5c(cc4-n4c6ccc7c8ccccc8oc7c6c6ccc(c3c64)-c3cc4c(cc32)C(C)(C)c2ccccc2-4)C(C)(C)c2ccccc2-5)cc1. The van der Waals surface area contributed by atoms with Crippen LogP contribution in [-0.4, -0.2) is 11.4 Å². The number of nitrogens with zero attached hydrogens (tertiary/aromatic N) is 2. The van der Waals surface area contributed by atoms with E-state index in [0.717, 1.165) is 21.9 Å². The number of furan rings is 1. The van der Waals surface area contributed by atoms with E-state index >= 15 is 0 Å². The van der Waals surface area contributed by atoms with Crippen LogP contribution in [0.15, 0.2) is 150 Å². The molecule has 296 valence electrons. The van der Waals surface area contributed by atoms with Crippen LogP contribution < -0.4 is 15.7 Å². The van der Waals surface area contributed by atoms with Crippen molar-refractivity contribution < 1.29 is 4.42 Å². The van der Waals surface area contributed by atoms with Crippen LogP contribution in [0, 0.1) is 0 Å². The summed E-state index contributed by atoms with van der Waals surface area (Å²) in [5.74, 6) is 0. The molecular formula is C58H45BN2O. The molecule has 0 fully saturated rings. The molecule has 10 aromatic rings. The molecular weight excluding hydrogens is 751 g/mol. The Hall–Kier alpha value is -6.78. The molecule has 0 radical (unpaired) electrons. The first-order chi connectivity index (χ1) is 29.9. The third-order valence-corrected chi connectivity index (χ3v) is 15.5. The smallest absolute Gasteiger partial charge is 0.333 e. The van der Waals surface area contributed by atoms with E-state index in [9.17, 15) is 0 Å². The molecule has 8 aromatic carbocycles. The average Bonchev–Trinajstić information content (AvgIpc) is 3.95. The predicted molar refractivity (Wildman–Crippen MR) is 261 cm³/mol. The molecule has 4 heterocycles. The maximum absolute atomic E-state index is 6.89. The highest BCUT2D eigenvalue weighted by atomic mass is 16.3. The minimum Gasteiger partial charge on any atom is -0.455 e. The van der Waals surface area contributed by atoms with Gasteiger partial charge in [0.15, 0.2) is 0 Å². The number of rotatable bonds is 1. The fourth-order valence-electron chi connectivity index (χ4n) is 12.4. The van der Waals surface area contributed by atoms with Crippen molar-refractivity contribution in [2.75, 3.05) is 4.81 Å². The Morgan fingerprint density at radius 1 is 0.516 bits per heavy atom. The zero-order valence-corrected chi connectivity index (χ0v) is 36.2. The van der Waals surface area contributed by atoms with Gasteiger partial charge >= 0.3 is 6.85 Å². The molecule has 4 heteroatoms. The summed E-state index contributed by atoms with van der Waals surface area (Å²) < 4.78 is 9.50. The van der Waals surface area contributed by atoms with E-state index < -0.39 is 0 Å². The van der Waals surface area contributed by atoms with E-state index in [4.69, 9.17) is 4.42 Å². The maximum atomic E-state index is 6.89. The van der Waals surface area contributed by atoms with Gasteiger partial charge in [-0.05, 0) is 121 Å². The topological polar surface area (TPSA) is 21.3 Å². The molecule has 0 spiro atoms. The average molecular weight is 797 g/mol. The first-order valence-electron chi connectivity index (χ1n) is 22.3. The van der Waals surface area contributed by atoms with Gasteiger partial charge in [-0.15, -0.1) is 0 Å². The number of hydrogen-bond acceptors (Lipinski definition) is 2. The van der Waals surface area contributed by atoms with E-state index in [2.05, 4.69) is 203 Å². The lowest BCUT2D eigenvalue weighted by Gasteiger charge is -2.43. The lowest BCUT2D eigenvalue weighted by atomic mass is 9.43. The Bertz CT molecular complexity index is 3680. The van der Waals surface area contributed by atoms with Gasteiger partial charge in [0.05, 0.1) is 16.4 Å². The highest BCUT2D eigenvalue weighted by molar-refractivity contribution is 6.93. The van der Waals surface area contributed by atoms with Crippen molar-refractivity contribution in [2.24, 2.45) is 0 Å². The summed E-state index contributed by atoms with van der Waals surface area (Å²) in [6.45, 7) is 16.5. The van der Waals surface area contributed by atoms with Gasteiger partial charge in [-0.25, -0.2) is 0 Å². The van der Waals surface area contributed by atoms with Crippen molar-refractivity contribution in [3.8, 4) is 39.1 Å². The molecule has 0 saturated carbocycles. The van der Waals surface area contributed by atoms with Crippen LogP contribution in [0.4, 0.5) is 11.4 Å². The zero-order chi connectivity index (χ0) is 41.8. The lowest BCUT2D eigenvalue weighted by Crippen LogP contribution is -2.60. The second-order valence-corrected chi connectivity index (χ2v) is 20.5. The van der Waals surface area contributed by atoms with Gasteiger partial charge in [-0.2, -0.15) is 0 Å². The molecule has 2 aliphatic carbocycles. The molecule has 0 saturated heterocycles. The quantitative estimate of drug-likeness (QED) is 0.154. The van der Waals surface area contributed by atoms with Gasteiger partial charge in [0.1, 0.15) is 11.2 Å². The standard InChI is InChI=1S/C58H45BN2O/c1-56(2,3)32-20-22-33(23-21-32)61-49-30-45-40(34-14-8-11-17-43(34)57(45,4)5)28-42(49)37-24-25-39-52-48(27-26-38-36-16-10-13-19-51(36)62-55(38)52)60-50-31-46-41(29-47(50)59(61)53(37)54(39)60)35-15-9-12-18-44(35)58(46,6)7/h8-31H,1-7H3. The van der Waals surface area contributed by atoms with Crippen LogP contribution in [0.3, 0.4) is 0 Å². The Morgan fingerprint density at radius 2 is 1.15 bits per heavy atom. The molecule has 0 bridgehead atoms. The summed E-state index contributed by atoms with van der Waals surface area (Å²) in [5, 5.41) is 4.74. The van der Waals surface area contributed by atoms with Crippen molar-refractivity contribution in [3.63, 3.8) is 0 Å². The van der Waals surface area contributed by atoms with Crippen molar-refractivity contribution >= 4 is 72.9 Å². The normalized spacial score (nSPS) is 15.9. The molecule has 62 heavy (non-hydrogen) atoms. The number of fused-ring (bicyclic) bond motifs is 18. The van der Waals surface area contributed by atoms with E-state index in [1.54, 1.807) is 0 Å². The third kappa shape index (κ3) is 4.10. The summed E-state index contributed by atoms with van der Waals surface area (Å²) in [6, 6.07) is 55.8. The van der Waals surface area contributed by atoms with Gasteiger partial charge in [0, 0.05) is 49.6 Å². The summed E-state index contributed by atoms with van der Waals surface area (Å²) in [4.78, 5) is 2.71. The molecule has 0 unspecified atom stereocenters. The van der Waals surface area contributed by atoms with Gasteiger partial charge in [0.25, 0.3) is 0 Å². The minimum atomic E-state index is -0.153. The number of aromatic nitrogens is 1. The van der Waals surface area contributed by atoms with Gasteiger partial charge in [-0.3, -0.25) is 0 Å². The van der Waals surface area contributed by atoms with Crippen LogP contribution in [-0.2, 0) is 16.2 Å². The number of hydrogen-bond donors (Lipinski definition) is 0. The minimum absolute atomic E-state index is 0.0365. The summed E-state index contributed by atoms with van der Waals surface area (Å²) in [7, 11) is 0. The molecule has 3 nitrogen and oxygen atoms in total. The van der Waals surface area contributed by atoms with Gasteiger partial charge < -0.3 is 13.8 Å². The molecule has 4 aliphatic rings. The Balaban J connectivity index is 1.17. The summed E-state index contributed by atoms with van der Waals surface area (Å²) in [5.41, 5.74) is 25.4. The van der Waals surface area contributed by atoms with Gasteiger partial charge in [0.2, 0.25) is 0 Å². The predicted octanol–water partition coefficient (Wildman–Crippen LogP) is 13.8.